The Morgan fingerprint density at radius 1 is 0.568 bits per heavy atom. The van der Waals surface area contributed by atoms with Crippen LogP contribution in [-0.2, 0) is 0 Å². The monoisotopic (exact) mass is 510 g/mol. The average Bonchev–Trinajstić information content (AvgIpc) is 2.87. The number of benzene rings is 2. The van der Waals surface area contributed by atoms with Crippen molar-refractivity contribution in [2.75, 3.05) is 39.4 Å². The first-order valence-corrected chi connectivity index (χ1v) is 14.6. The van der Waals surface area contributed by atoms with Gasteiger partial charge < -0.3 is 9.47 Å². The van der Waals surface area contributed by atoms with Crippen LogP contribution in [0.15, 0.2) is 36.4 Å². The van der Waals surface area contributed by atoms with E-state index in [1.165, 1.54) is 54.4 Å². The second-order valence-corrected chi connectivity index (χ2v) is 10.8. The number of rotatable bonds is 18. The van der Waals surface area contributed by atoms with Crippen molar-refractivity contribution < 1.29 is 9.47 Å². The molecular formula is C33H54N2O2. The van der Waals surface area contributed by atoms with Crippen molar-refractivity contribution in [1.82, 2.24) is 9.80 Å². The molecule has 2 unspecified atom stereocenters. The molecule has 0 aliphatic carbocycles. The van der Waals surface area contributed by atoms with Crippen LogP contribution in [0.5, 0.6) is 11.5 Å². The number of unbranched alkanes of at least 4 members (excludes halogenated alkanes) is 4. The minimum absolute atomic E-state index is 0.425. The summed E-state index contributed by atoms with van der Waals surface area (Å²) in [4.78, 5) is 5.12. The average molecular weight is 511 g/mol. The largest absolute Gasteiger partial charge is 0.491 e. The van der Waals surface area contributed by atoms with Crippen molar-refractivity contribution >= 4 is 0 Å². The van der Waals surface area contributed by atoms with E-state index in [0.29, 0.717) is 12.1 Å². The SMILES string of the molecule is CCN(CCCCCCCN(CC)C(C)COc1c(C)cccc1C)C(C)COc1c(C)cccc1C. The molecule has 208 valence electrons. The molecular weight excluding hydrogens is 456 g/mol. The van der Waals surface area contributed by atoms with Crippen molar-refractivity contribution in [3.63, 3.8) is 0 Å². The van der Waals surface area contributed by atoms with E-state index in [0.717, 1.165) is 50.9 Å². The highest BCUT2D eigenvalue weighted by atomic mass is 16.5. The van der Waals surface area contributed by atoms with Crippen molar-refractivity contribution in [1.29, 1.82) is 0 Å². The normalized spacial score (nSPS) is 13.2. The fourth-order valence-corrected chi connectivity index (χ4v) is 5.21. The molecule has 0 aromatic heterocycles. The van der Waals surface area contributed by atoms with E-state index in [2.05, 4.69) is 102 Å². The molecule has 2 aromatic carbocycles. The van der Waals surface area contributed by atoms with Crippen LogP contribution in [0.3, 0.4) is 0 Å². The van der Waals surface area contributed by atoms with Gasteiger partial charge in [-0.1, -0.05) is 69.5 Å². The number of para-hydroxylation sites is 2. The van der Waals surface area contributed by atoms with Gasteiger partial charge in [0.15, 0.2) is 0 Å². The molecule has 2 aromatic rings. The van der Waals surface area contributed by atoms with Gasteiger partial charge in [-0.15, -0.1) is 0 Å². The van der Waals surface area contributed by atoms with Crippen LogP contribution in [0.1, 0.15) is 82.1 Å². The quantitative estimate of drug-likeness (QED) is 0.191. The van der Waals surface area contributed by atoms with E-state index < -0.39 is 0 Å². The molecule has 0 aliphatic rings. The van der Waals surface area contributed by atoms with Crippen LogP contribution in [-0.4, -0.2) is 61.3 Å². The number of likely N-dealkylation sites (N-methyl/N-ethyl adjacent to an activating group) is 2. The van der Waals surface area contributed by atoms with E-state index in [9.17, 15) is 0 Å². The minimum atomic E-state index is 0.425. The second kappa shape index (κ2) is 16.7. The maximum Gasteiger partial charge on any atom is 0.125 e. The molecule has 0 saturated carbocycles. The minimum Gasteiger partial charge on any atom is -0.491 e. The van der Waals surface area contributed by atoms with E-state index in [1.807, 2.05) is 0 Å². The summed E-state index contributed by atoms with van der Waals surface area (Å²) in [5.74, 6) is 2.11. The molecule has 0 spiro atoms. The van der Waals surface area contributed by atoms with E-state index in [4.69, 9.17) is 9.47 Å². The highest BCUT2D eigenvalue weighted by Crippen LogP contribution is 2.24. The Morgan fingerprint density at radius 3 is 1.22 bits per heavy atom. The van der Waals surface area contributed by atoms with Crippen LogP contribution in [0, 0.1) is 27.7 Å². The Balaban J connectivity index is 1.62. The Labute approximate surface area is 228 Å². The van der Waals surface area contributed by atoms with Crippen molar-refractivity contribution in [3.8, 4) is 11.5 Å². The zero-order chi connectivity index (χ0) is 27.2. The fraction of sp³-hybridized carbons (Fsp3) is 0.636. The molecule has 0 saturated heterocycles. The molecule has 0 heterocycles. The first kappa shape index (κ1) is 31.2. The van der Waals surface area contributed by atoms with Crippen molar-refractivity contribution in [2.45, 2.75) is 99.6 Å². The number of aryl methyl sites for hydroxylation is 4. The van der Waals surface area contributed by atoms with Gasteiger partial charge in [-0.05, 0) is 103 Å². The van der Waals surface area contributed by atoms with E-state index in [1.54, 1.807) is 0 Å². The number of ether oxygens (including phenoxy) is 2. The topological polar surface area (TPSA) is 24.9 Å². The highest BCUT2D eigenvalue weighted by Gasteiger charge is 2.15. The summed E-state index contributed by atoms with van der Waals surface area (Å²) in [6.45, 7) is 23.6. The zero-order valence-electron chi connectivity index (χ0n) is 25.1. The predicted molar refractivity (Wildman–Crippen MR) is 159 cm³/mol. The zero-order valence-corrected chi connectivity index (χ0v) is 25.1. The highest BCUT2D eigenvalue weighted by molar-refractivity contribution is 5.40. The van der Waals surface area contributed by atoms with Gasteiger partial charge in [-0.25, -0.2) is 0 Å². The lowest BCUT2D eigenvalue weighted by Crippen LogP contribution is -2.38. The lowest BCUT2D eigenvalue weighted by Gasteiger charge is -2.29. The van der Waals surface area contributed by atoms with Gasteiger partial charge >= 0.3 is 0 Å². The summed E-state index contributed by atoms with van der Waals surface area (Å²) in [5, 5.41) is 0. The van der Waals surface area contributed by atoms with Crippen molar-refractivity contribution in [2.24, 2.45) is 0 Å². The molecule has 0 amide bonds. The Bertz CT molecular complexity index is 799. The summed E-state index contributed by atoms with van der Waals surface area (Å²) in [6.07, 6.45) is 6.45. The lowest BCUT2D eigenvalue weighted by atomic mass is 10.1. The fourth-order valence-electron chi connectivity index (χ4n) is 5.21. The van der Waals surface area contributed by atoms with Crippen LogP contribution in [0.4, 0.5) is 0 Å². The van der Waals surface area contributed by atoms with Gasteiger partial charge in [0.1, 0.15) is 24.7 Å². The molecule has 2 atom stereocenters. The van der Waals surface area contributed by atoms with E-state index >= 15 is 0 Å². The predicted octanol–water partition coefficient (Wildman–Crippen LogP) is 7.75. The van der Waals surface area contributed by atoms with Gasteiger partial charge in [-0.3, -0.25) is 9.80 Å². The van der Waals surface area contributed by atoms with Crippen LogP contribution < -0.4 is 9.47 Å². The number of nitrogens with zero attached hydrogens (tertiary/aromatic N) is 2. The Hall–Kier alpha value is -2.04. The number of hydrogen-bond donors (Lipinski definition) is 0. The third kappa shape index (κ3) is 10.3. The molecule has 37 heavy (non-hydrogen) atoms. The molecule has 2 rings (SSSR count). The third-order valence-electron chi connectivity index (χ3n) is 7.70. The first-order valence-electron chi connectivity index (χ1n) is 14.6. The lowest BCUT2D eigenvalue weighted by molar-refractivity contribution is 0.146. The maximum absolute atomic E-state index is 6.22. The molecule has 0 fully saturated rings. The molecule has 0 radical (unpaired) electrons. The van der Waals surface area contributed by atoms with Crippen LogP contribution >= 0.6 is 0 Å². The van der Waals surface area contributed by atoms with Gasteiger partial charge in [0, 0.05) is 12.1 Å². The second-order valence-electron chi connectivity index (χ2n) is 10.8. The van der Waals surface area contributed by atoms with Gasteiger partial charge in [0.05, 0.1) is 0 Å². The molecule has 4 nitrogen and oxygen atoms in total. The summed E-state index contributed by atoms with van der Waals surface area (Å²) >= 11 is 0. The standard InChI is InChI=1S/C33H54N2O2/c1-9-34(30(7)24-36-32-26(3)18-16-19-27(32)4)22-14-12-11-13-15-23-35(10-2)31(8)25-37-33-28(5)20-17-21-29(33)6/h16-21,30-31H,9-15,22-25H2,1-8H3. The van der Waals surface area contributed by atoms with Crippen molar-refractivity contribution in [3.05, 3.63) is 58.7 Å². The van der Waals surface area contributed by atoms with Crippen LogP contribution in [0.25, 0.3) is 0 Å². The third-order valence-corrected chi connectivity index (χ3v) is 7.70. The first-order chi connectivity index (χ1) is 17.8. The summed E-state index contributed by atoms with van der Waals surface area (Å²) in [7, 11) is 0. The van der Waals surface area contributed by atoms with Gasteiger partial charge in [0.2, 0.25) is 0 Å². The smallest absolute Gasteiger partial charge is 0.125 e. The Kier molecular flexibility index (Phi) is 14.1. The van der Waals surface area contributed by atoms with Gasteiger partial charge in [-0.2, -0.15) is 0 Å². The molecule has 0 N–H and O–H groups in total. The summed E-state index contributed by atoms with van der Waals surface area (Å²) < 4.78 is 12.4. The molecule has 0 aliphatic heterocycles. The summed E-state index contributed by atoms with van der Waals surface area (Å²) in [6, 6.07) is 13.6. The van der Waals surface area contributed by atoms with Crippen LogP contribution in [0.2, 0.25) is 0 Å². The maximum atomic E-state index is 6.22. The number of hydrogen-bond acceptors (Lipinski definition) is 4. The molecule has 4 heteroatoms. The van der Waals surface area contributed by atoms with Gasteiger partial charge in [0.25, 0.3) is 0 Å². The van der Waals surface area contributed by atoms with E-state index in [-0.39, 0.29) is 0 Å². The summed E-state index contributed by atoms with van der Waals surface area (Å²) in [5.41, 5.74) is 4.89. The molecule has 0 bridgehead atoms. The Morgan fingerprint density at radius 2 is 0.892 bits per heavy atom.